The van der Waals surface area contributed by atoms with Crippen LogP contribution in [0.4, 0.5) is 51.2 Å². The number of anilines is 9. The highest BCUT2D eigenvalue weighted by Crippen LogP contribution is 2.38. The Hall–Kier alpha value is -12.0. The monoisotopic (exact) mass is 1890 g/mol. The Morgan fingerprint density at radius 3 is 1.08 bits per heavy atom. The van der Waals surface area contributed by atoms with E-state index in [1.165, 1.54) is 17.2 Å². The molecule has 12 aromatic rings. The Kier molecular flexibility index (Phi) is 29.8. The number of benzene rings is 8. The fourth-order valence-corrected chi connectivity index (χ4v) is 19.2. The maximum absolute atomic E-state index is 12.9. The van der Waals surface area contributed by atoms with Gasteiger partial charge in [-0.1, -0.05) is 70.7 Å². The molecule has 30 nitrogen and oxygen atoms in total. The minimum Gasteiger partial charge on any atom is -0.378 e. The second kappa shape index (κ2) is 41.4. The number of nitrogens with one attached hydrogen (secondary N) is 4. The van der Waals surface area contributed by atoms with Gasteiger partial charge in [0.1, 0.15) is 26.9 Å². The minimum atomic E-state index is -3.43. The van der Waals surface area contributed by atoms with Crippen LogP contribution < -0.4 is 43.4 Å². The number of aromatic nitrogens is 4. The predicted octanol–water partition coefficient (Wildman–Crippen LogP) is 15.6. The molecule has 0 saturated carbocycles. The number of hydrogen-bond acceptors (Lipinski definition) is 22. The number of pyridine rings is 4. The van der Waals surface area contributed by atoms with Crippen molar-refractivity contribution in [3.63, 3.8) is 0 Å². The van der Waals surface area contributed by atoms with Gasteiger partial charge in [-0.25, -0.2) is 50.9 Å². The van der Waals surface area contributed by atoms with Crippen LogP contribution in [0.25, 0.3) is 45.0 Å². The quantitative estimate of drug-likeness (QED) is 0.0658. The van der Waals surface area contributed by atoms with E-state index in [1.807, 2.05) is 74.5 Å². The van der Waals surface area contributed by atoms with Crippen molar-refractivity contribution in [1.29, 1.82) is 0 Å². The summed E-state index contributed by atoms with van der Waals surface area (Å²) in [5, 5.41) is 13.5. The van der Waals surface area contributed by atoms with Crippen molar-refractivity contribution in [3.05, 3.63) is 303 Å². The van der Waals surface area contributed by atoms with Gasteiger partial charge >= 0.3 is 0 Å². The van der Waals surface area contributed by atoms with Crippen molar-refractivity contribution in [2.45, 2.75) is 13.8 Å². The molecule has 0 bridgehead atoms. The van der Waals surface area contributed by atoms with Crippen molar-refractivity contribution in [1.82, 2.24) is 19.9 Å². The van der Waals surface area contributed by atoms with Crippen LogP contribution in [0, 0.1) is 13.8 Å². The standard InChI is InChI=1S/C25H25ClN4O5S.C22H20ClN3O4S.C22H21N3O4S.C21H17Cl2N3O4S/c26-22-8-5-19(16-21(22)24-23(2-1-9-27-24)29-10-12-34-13-11-29)28-25(31)18-3-6-20(7-4-18)30-17-35-14-15-36(30,32)33;1-15-2-9-21(24-13-15)19-12-17(5-8-20(19)23)25-22(27)16-3-6-18(7-4-16)26-14-30-10-11-31(26,28)29;1-16-5-10-21(23-14-16)18-3-2-4-19(13-18)24-22(26)17-6-8-20(9-7-17)25-15-29-11-12-30(25,27)28;22-15-7-8-24-20(11-15)18-12-16(3-6-19(18)23)25-21(27)14-1-4-17(5-2-14)26-13-30-9-10-31(26,28)29/h1-9,16H,10-15,17H2,(H,28,31);2-9,12-13H,10-11,14H2,1H3,(H,25,27);2-10,13-14H,11-12,15H2,1H3,(H,24,26);1-8,11-12H,9-10,13H2,(H,25,27). The molecule has 5 fully saturated rings. The van der Waals surface area contributed by atoms with Crippen molar-refractivity contribution in [3.8, 4) is 45.0 Å². The molecular formula is C90H83Cl4N13O17S4. The average Bonchev–Trinajstić information content (AvgIpc) is 0.804. The SMILES string of the molecule is Cc1ccc(-c2cc(NC(=O)c3ccc(N4COCCS4(=O)=O)cc3)ccc2Cl)nc1.Cc1ccc(-c2cccc(NC(=O)c3ccc(N4COCCS4(=O)=O)cc3)c2)nc1.O=C(Nc1ccc(Cl)c(-c2cc(Cl)ccn2)c1)c1ccc(N2COCCS2(=O)=O)cc1.O=C(Nc1ccc(Cl)c(-c2ncccc2N2CCOCC2)c1)c1ccc(N2COCCS2(=O)=O)cc1. The lowest BCUT2D eigenvalue weighted by atomic mass is 10.1. The number of aryl methyl sites for hydroxylation is 2. The highest BCUT2D eigenvalue weighted by atomic mass is 35.5. The molecule has 8 aromatic carbocycles. The largest absolute Gasteiger partial charge is 0.378 e. The maximum atomic E-state index is 12.9. The molecule has 4 aromatic heterocycles. The molecule has 128 heavy (non-hydrogen) atoms. The highest BCUT2D eigenvalue weighted by molar-refractivity contribution is 7.93. The predicted molar refractivity (Wildman–Crippen MR) is 497 cm³/mol. The first-order valence-electron chi connectivity index (χ1n) is 39.7. The first-order valence-corrected chi connectivity index (χ1v) is 47.7. The number of morpholine rings is 1. The van der Waals surface area contributed by atoms with Crippen LogP contribution in [0.1, 0.15) is 52.6 Å². The second-order valence-corrected chi connectivity index (χ2v) is 39.0. The third-order valence-electron chi connectivity index (χ3n) is 20.4. The van der Waals surface area contributed by atoms with Crippen molar-refractivity contribution < 1.29 is 76.5 Å². The van der Waals surface area contributed by atoms with E-state index in [1.54, 1.807) is 189 Å². The summed E-state index contributed by atoms with van der Waals surface area (Å²) in [6.45, 7) is 7.32. The Balaban J connectivity index is 0.000000138. The molecule has 0 spiro atoms. The van der Waals surface area contributed by atoms with Gasteiger partial charge in [-0.3, -0.25) is 39.1 Å². The van der Waals surface area contributed by atoms with E-state index < -0.39 is 40.1 Å². The number of carbonyl (C=O) groups excluding carboxylic acids is 4. The van der Waals surface area contributed by atoms with E-state index in [4.69, 9.17) is 70.1 Å². The number of rotatable bonds is 17. The Bertz CT molecular complexity index is 6540. The van der Waals surface area contributed by atoms with Gasteiger partial charge in [-0.15, -0.1) is 0 Å². The molecule has 5 aliphatic heterocycles. The summed E-state index contributed by atoms with van der Waals surface area (Å²) in [6.07, 6.45) is 6.85. The Morgan fingerprint density at radius 1 is 0.336 bits per heavy atom. The molecule has 4 N–H and O–H groups in total. The zero-order valence-electron chi connectivity index (χ0n) is 68.6. The first-order chi connectivity index (χ1) is 61.5. The van der Waals surface area contributed by atoms with E-state index in [2.05, 4.69) is 46.1 Å². The third-order valence-corrected chi connectivity index (χ3v) is 28.3. The van der Waals surface area contributed by atoms with Crippen molar-refractivity contribution in [2.75, 3.05) is 146 Å². The van der Waals surface area contributed by atoms with Crippen LogP contribution in [0.2, 0.25) is 20.1 Å². The topological polar surface area (TPSA) is 367 Å². The smallest absolute Gasteiger partial charge is 0.255 e. The van der Waals surface area contributed by atoms with Gasteiger partial charge in [0.2, 0.25) is 40.1 Å². The maximum Gasteiger partial charge on any atom is 0.255 e. The number of ether oxygens (including phenoxy) is 5. The number of halogens is 4. The number of hydrogen-bond donors (Lipinski definition) is 4. The molecule has 5 aliphatic rings. The molecule has 0 radical (unpaired) electrons. The fraction of sp³-hybridized carbons (Fsp3) is 0.200. The molecule has 4 amide bonds. The Morgan fingerprint density at radius 2 is 0.703 bits per heavy atom. The lowest BCUT2D eigenvalue weighted by molar-refractivity contribution is 0.101. The summed E-state index contributed by atoms with van der Waals surface area (Å²) < 4.78 is 129. The van der Waals surface area contributed by atoms with E-state index in [0.29, 0.717) is 129 Å². The third kappa shape index (κ3) is 23.3. The summed E-state index contributed by atoms with van der Waals surface area (Å²) in [5.74, 6) is -1.56. The average molecular weight is 1890 g/mol. The molecule has 0 unspecified atom stereocenters. The normalized spacial score (nSPS) is 16.1. The summed E-state index contributed by atoms with van der Waals surface area (Å²) >= 11 is 25.2. The number of nitrogens with zero attached hydrogens (tertiary/aromatic N) is 9. The van der Waals surface area contributed by atoms with Crippen LogP contribution in [0.15, 0.2) is 249 Å². The van der Waals surface area contributed by atoms with E-state index in [0.717, 1.165) is 46.9 Å². The van der Waals surface area contributed by atoms with Crippen LogP contribution >= 0.6 is 46.4 Å². The fourth-order valence-electron chi connectivity index (χ4n) is 13.5. The lowest BCUT2D eigenvalue weighted by Gasteiger charge is -2.30. The van der Waals surface area contributed by atoms with Crippen LogP contribution in [-0.4, -0.2) is 180 Å². The van der Waals surface area contributed by atoms with Crippen LogP contribution in [0.3, 0.4) is 0 Å². The summed E-state index contributed by atoms with van der Waals surface area (Å²) in [4.78, 5) is 70.8. The molecule has 17 rings (SSSR count). The molecule has 0 aliphatic carbocycles. The van der Waals surface area contributed by atoms with Gasteiger partial charge < -0.3 is 49.9 Å². The van der Waals surface area contributed by atoms with Gasteiger partial charge in [0, 0.05) is 110 Å². The zero-order chi connectivity index (χ0) is 90.3. The summed E-state index contributed by atoms with van der Waals surface area (Å²) in [5.41, 5.74) is 14.6. The van der Waals surface area contributed by atoms with E-state index in [-0.39, 0.29) is 100.0 Å². The molecule has 662 valence electrons. The Labute approximate surface area is 759 Å². The van der Waals surface area contributed by atoms with Crippen LogP contribution in [0.5, 0.6) is 0 Å². The van der Waals surface area contributed by atoms with Crippen molar-refractivity contribution in [2.24, 2.45) is 0 Å². The molecule has 38 heteroatoms. The molecular weight excluding hydrogens is 1810 g/mol. The minimum absolute atomic E-state index is 0.0201. The van der Waals surface area contributed by atoms with Crippen LogP contribution in [-0.2, 0) is 63.8 Å². The highest BCUT2D eigenvalue weighted by Gasteiger charge is 2.32. The molecule has 0 atom stereocenters. The van der Waals surface area contributed by atoms with E-state index in [9.17, 15) is 52.8 Å². The lowest BCUT2D eigenvalue weighted by Crippen LogP contribution is -2.41. The first kappa shape index (κ1) is 92.2. The number of amides is 4. The van der Waals surface area contributed by atoms with Gasteiger partial charge in [0.25, 0.3) is 23.6 Å². The van der Waals surface area contributed by atoms with E-state index >= 15 is 0 Å². The summed E-state index contributed by atoms with van der Waals surface area (Å²) in [7, 11) is -13.6. The van der Waals surface area contributed by atoms with Gasteiger partial charge in [0.05, 0.1) is 129 Å². The number of carbonyl (C=O) groups is 4. The zero-order valence-corrected chi connectivity index (χ0v) is 74.9. The molecule has 5 saturated heterocycles. The molecule has 9 heterocycles. The van der Waals surface area contributed by atoms with Crippen molar-refractivity contribution >= 4 is 161 Å². The van der Waals surface area contributed by atoms with Gasteiger partial charge in [-0.2, -0.15) is 0 Å². The van der Waals surface area contributed by atoms with Gasteiger partial charge in [-0.05, 0) is 225 Å². The number of sulfonamides is 4. The van der Waals surface area contributed by atoms with Gasteiger partial charge in [0.15, 0.2) is 0 Å². The second-order valence-electron chi connectivity index (χ2n) is 29.2. The summed E-state index contributed by atoms with van der Waals surface area (Å²) in [6, 6.07) is 63.3.